The number of nitrogens with zero attached hydrogens (tertiary/aromatic N) is 1. The Kier molecular flexibility index (Phi) is 3.03. The number of aromatic nitrogens is 1. The Bertz CT molecular complexity index is 612. The van der Waals surface area contributed by atoms with E-state index in [0.717, 1.165) is 0 Å². The highest BCUT2D eigenvalue weighted by Gasteiger charge is 2.18. The van der Waals surface area contributed by atoms with Crippen LogP contribution < -0.4 is 4.72 Å². The second-order valence-corrected chi connectivity index (χ2v) is 5.25. The first-order valence-corrected chi connectivity index (χ1v) is 6.42. The van der Waals surface area contributed by atoms with Crippen molar-refractivity contribution in [3.8, 4) is 0 Å². The maximum atomic E-state index is 11.8. The van der Waals surface area contributed by atoms with Crippen molar-refractivity contribution in [3.05, 3.63) is 35.7 Å². The summed E-state index contributed by atoms with van der Waals surface area (Å²) in [7, 11) is -3.64. The lowest BCUT2D eigenvalue weighted by Crippen LogP contribution is -2.22. The van der Waals surface area contributed by atoms with E-state index in [-0.39, 0.29) is 11.6 Å². The van der Waals surface area contributed by atoms with E-state index >= 15 is 0 Å². The number of rotatable bonds is 4. The summed E-state index contributed by atoms with van der Waals surface area (Å²) >= 11 is 0. The van der Waals surface area contributed by atoms with Crippen LogP contribution in [0.25, 0.3) is 0 Å². The first-order valence-electron chi connectivity index (χ1n) is 4.94. The van der Waals surface area contributed by atoms with Gasteiger partial charge in [0.2, 0.25) is 5.09 Å². The summed E-state index contributed by atoms with van der Waals surface area (Å²) in [4.78, 5) is 3.87. The van der Waals surface area contributed by atoms with Crippen molar-refractivity contribution >= 4 is 10.0 Å². The van der Waals surface area contributed by atoms with E-state index < -0.39 is 10.0 Å². The van der Waals surface area contributed by atoms with Crippen molar-refractivity contribution in [1.29, 1.82) is 0 Å². The van der Waals surface area contributed by atoms with Crippen molar-refractivity contribution in [2.24, 2.45) is 0 Å². The fraction of sp³-hybridized carbons (Fsp3) is 0.300. The van der Waals surface area contributed by atoms with Crippen LogP contribution in [0.5, 0.6) is 0 Å². The molecule has 2 rings (SSSR count). The Morgan fingerprint density at radius 1 is 1.35 bits per heavy atom. The Balaban J connectivity index is 2.11. The Morgan fingerprint density at radius 3 is 2.65 bits per heavy atom. The number of oxazole rings is 1. The van der Waals surface area contributed by atoms with Crippen LogP contribution in [0.15, 0.2) is 32.5 Å². The lowest BCUT2D eigenvalue weighted by molar-refractivity contribution is 0.422. The molecule has 0 aliphatic heterocycles. The minimum atomic E-state index is -3.64. The topological polar surface area (TPSA) is 85.3 Å². The van der Waals surface area contributed by atoms with Crippen molar-refractivity contribution in [3.63, 3.8) is 0 Å². The van der Waals surface area contributed by atoms with E-state index in [4.69, 9.17) is 8.83 Å². The van der Waals surface area contributed by atoms with Gasteiger partial charge in [-0.2, -0.15) is 0 Å². The number of furan rings is 1. The van der Waals surface area contributed by atoms with Crippen LogP contribution in [0.3, 0.4) is 0 Å². The molecule has 0 amide bonds. The summed E-state index contributed by atoms with van der Waals surface area (Å²) in [5, 5.41) is -0.104. The van der Waals surface area contributed by atoms with Gasteiger partial charge in [-0.15, -0.1) is 0 Å². The fourth-order valence-corrected chi connectivity index (χ4v) is 2.24. The molecule has 0 aliphatic carbocycles. The molecule has 0 fully saturated rings. The first kappa shape index (κ1) is 11.9. The molecule has 7 heteroatoms. The van der Waals surface area contributed by atoms with Gasteiger partial charge in [-0.1, -0.05) is 0 Å². The van der Waals surface area contributed by atoms with Crippen molar-refractivity contribution < 1.29 is 17.3 Å². The summed E-state index contributed by atoms with van der Waals surface area (Å²) in [5.74, 6) is 1.03. The summed E-state index contributed by atoms with van der Waals surface area (Å²) in [6.45, 7) is 3.47. The minimum Gasteiger partial charge on any atom is -0.449 e. The van der Waals surface area contributed by atoms with E-state index in [1.165, 1.54) is 12.5 Å². The molecule has 17 heavy (non-hydrogen) atoms. The largest absolute Gasteiger partial charge is 0.449 e. The highest BCUT2D eigenvalue weighted by molar-refractivity contribution is 7.89. The normalized spacial score (nSPS) is 11.9. The quantitative estimate of drug-likeness (QED) is 0.892. The number of hydrogen-bond acceptors (Lipinski definition) is 5. The molecule has 0 spiro atoms. The molecule has 2 heterocycles. The number of nitrogens with one attached hydrogen (secondary N) is 1. The number of aryl methyl sites for hydroxylation is 2. The van der Waals surface area contributed by atoms with Gasteiger partial charge < -0.3 is 8.83 Å². The van der Waals surface area contributed by atoms with Crippen molar-refractivity contribution in [1.82, 2.24) is 9.71 Å². The molecule has 0 aromatic carbocycles. The fourth-order valence-electron chi connectivity index (χ4n) is 1.28. The van der Waals surface area contributed by atoms with E-state index in [0.29, 0.717) is 17.2 Å². The van der Waals surface area contributed by atoms with E-state index in [9.17, 15) is 8.42 Å². The summed E-state index contributed by atoms with van der Waals surface area (Å²) in [6, 6.07) is 3.00. The van der Waals surface area contributed by atoms with Gasteiger partial charge in [0.1, 0.15) is 11.5 Å². The minimum absolute atomic E-state index is 0.0495. The molecule has 0 atom stereocenters. The van der Waals surface area contributed by atoms with Crippen LogP contribution in [0.1, 0.15) is 17.2 Å². The Labute approximate surface area is 98.7 Å². The average molecular weight is 256 g/mol. The maximum absolute atomic E-state index is 11.8. The van der Waals surface area contributed by atoms with Gasteiger partial charge in [0, 0.05) is 0 Å². The summed E-state index contributed by atoms with van der Waals surface area (Å²) < 4.78 is 36.0. The van der Waals surface area contributed by atoms with E-state index in [1.807, 2.05) is 0 Å². The van der Waals surface area contributed by atoms with Gasteiger partial charge in [0.25, 0.3) is 10.0 Å². The molecule has 2 aromatic heterocycles. The zero-order valence-corrected chi connectivity index (χ0v) is 10.2. The van der Waals surface area contributed by atoms with Crippen LogP contribution in [0, 0.1) is 13.8 Å². The highest BCUT2D eigenvalue weighted by Crippen LogP contribution is 2.13. The lowest BCUT2D eigenvalue weighted by Gasteiger charge is -2.02. The molecule has 0 radical (unpaired) electrons. The molecule has 0 aliphatic rings. The molecule has 92 valence electrons. The zero-order chi connectivity index (χ0) is 12.5. The van der Waals surface area contributed by atoms with Gasteiger partial charge in [-0.25, -0.2) is 18.1 Å². The molecule has 0 bridgehead atoms. The van der Waals surface area contributed by atoms with Crippen LogP contribution in [0.2, 0.25) is 0 Å². The van der Waals surface area contributed by atoms with Crippen LogP contribution in [0.4, 0.5) is 0 Å². The summed E-state index contributed by atoms with van der Waals surface area (Å²) in [5.41, 5.74) is 0.656. The molecule has 2 aromatic rings. The molecule has 0 unspecified atom stereocenters. The molecule has 1 N–H and O–H groups in total. The van der Waals surface area contributed by atoms with Crippen LogP contribution in [-0.2, 0) is 16.6 Å². The number of sulfonamides is 1. The van der Waals surface area contributed by atoms with Crippen molar-refractivity contribution in [2.45, 2.75) is 25.5 Å². The smallest absolute Gasteiger partial charge is 0.274 e. The van der Waals surface area contributed by atoms with Gasteiger partial charge in [0.05, 0.1) is 12.2 Å². The van der Waals surface area contributed by atoms with Gasteiger partial charge >= 0.3 is 0 Å². The molecule has 0 saturated carbocycles. The van der Waals surface area contributed by atoms with Gasteiger partial charge in [-0.05, 0) is 26.0 Å². The third-order valence-corrected chi connectivity index (χ3v) is 3.52. The number of hydrogen-bond donors (Lipinski definition) is 1. The summed E-state index contributed by atoms with van der Waals surface area (Å²) in [6.07, 6.45) is 1.27. The zero-order valence-electron chi connectivity index (χ0n) is 9.43. The SMILES string of the molecule is Cc1ccc(S(=O)(=O)NCc2ocnc2C)o1. The van der Waals surface area contributed by atoms with Gasteiger partial charge in [-0.3, -0.25) is 0 Å². The van der Waals surface area contributed by atoms with Gasteiger partial charge in [0.15, 0.2) is 6.39 Å². The van der Waals surface area contributed by atoms with Crippen LogP contribution in [-0.4, -0.2) is 13.4 Å². The lowest BCUT2D eigenvalue weighted by atomic mass is 10.4. The molecule has 0 saturated heterocycles. The first-order chi connectivity index (χ1) is 7.99. The predicted molar refractivity (Wildman–Crippen MR) is 58.7 cm³/mol. The molecule has 6 nitrogen and oxygen atoms in total. The third-order valence-electron chi connectivity index (χ3n) is 2.25. The predicted octanol–water partition coefficient (Wildman–Crippen LogP) is 1.36. The Morgan fingerprint density at radius 2 is 2.12 bits per heavy atom. The maximum Gasteiger partial charge on any atom is 0.274 e. The third kappa shape index (κ3) is 2.56. The average Bonchev–Trinajstić information content (AvgIpc) is 2.85. The standard InChI is InChI=1S/C10H12N2O4S/c1-7-3-4-10(16-7)17(13,14)12-5-9-8(2)11-6-15-9/h3-4,6,12H,5H2,1-2H3. The van der Waals surface area contributed by atoms with E-state index in [2.05, 4.69) is 9.71 Å². The molecular weight excluding hydrogens is 244 g/mol. The monoisotopic (exact) mass is 256 g/mol. The Hall–Kier alpha value is -1.60. The second-order valence-electron chi connectivity index (χ2n) is 3.55. The highest BCUT2D eigenvalue weighted by atomic mass is 32.2. The second kappa shape index (κ2) is 4.34. The molecular formula is C10H12N2O4S. The van der Waals surface area contributed by atoms with Crippen molar-refractivity contribution in [2.75, 3.05) is 0 Å². The van der Waals surface area contributed by atoms with E-state index in [1.54, 1.807) is 19.9 Å². The van der Waals surface area contributed by atoms with Crippen LogP contribution >= 0.6 is 0 Å².